The Morgan fingerprint density at radius 1 is 1.32 bits per heavy atom. The molecule has 0 saturated heterocycles. The van der Waals surface area contributed by atoms with E-state index in [0.717, 1.165) is 0 Å². The van der Waals surface area contributed by atoms with Gasteiger partial charge < -0.3 is 19.9 Å². The van der Waals surface area contributed by atoms with Crippen LogP contribution in [0.3, 0.4) is 0 Å². The lowest BCUT2D eigenvalue weighted by Crippen LogP contribution is -2.21. The second-order valence-electron chi connectivity index (χ2n) is 8.00. The number of hydrogen-bond acceptors (Lipinski definition) is 8. The number of halogens is 3. The van der Waals surface area contributed by atoms with Gasteiger partial charge >= 0.3 is 5.97 Å². The van der Waals surface area contributed by atoms with E-state index in [1.165, 1.54) is 11.3 Å². The maximum atomic E-state index is 12.7. The number of ether oxygens (including phenoxy) is 3. The van der Waals surface area contributed by atoms with Gasteiger partial charge in [0.25, 0.3) is 0 Å². The minimum Gasteiger partial charge on any atom is -0.490 e. The van der Waals surface area contributed by atoms with E-state index in [-0.39, 0.29) is 23.1 Å². The zero-order valence-electron chi connectivity index (χ0n) is 19.6. The predicted octanol–water partition coefficient (Wildman–Crippen LogP) is 7.04. The molecule has 5 rings (SSSR count). The quantitative estimate of drug-likeness (QED) is 0.173. The summed E-state index contributed by atoms with van der Waals surface area (Å²) in [6.07, 6.45) is 0. The van der Waals surface area contributed by atoms with Gasteiger partial charge in [0.15, 0.2) is 11.5 Å². The highest BCUT2D eigenvalue weighted by Crippen LogP contribution is 2.49. The number of hydrogen-bond donors (Lipinski definition) is 2. The molecule has 8 nitrogen and oxygen atoms in total. The summed E-state index contributed by atoms with van der Waals surface area (Å²) in [6.45, 7) is 2.12. The van der Waals surface area contributed by atoms with Crippen molar-refractivity contribution in [1.82, 2.24) is 10.2 Å². The highest BCUT2D eigenvalue weighted by molar-refractivity contribution is 9.10. The van der Waals surface area contributed by atoms with Gasteiger partial charge in [-0.2, -0.15) is 5.26 Å². The van der Waals surface area contributed by atoms with Crippen LogP contribution < -0.4 is 19.9 Å². The largest absolute Gasteiger partial charge is 0.490 e. The fourth-order valence-electron chi connectivity index (χ4n) is 4.13. The van der Waals surface area contributed by atoms with Gasteiger partial charge in [-0.3, -0.25) is 5.10 Å². The Morgan fingerprint density at radius 3 is 2.82 bits per heavy atom. The average Bonchev–Trinajstić information content (AvgIpc) is 3.56. The molecule has 12 heteroatoms. The van der Waals surface area contributed by atoms with E-state index in [1.54, 1.807) is 47.8 Å². The number of nitrogens with zero attached hydrogens (tertiary/aromatic N) is 2. The molecule has 0 saturated carbocycles. The molecule has 2 aromatic heterocycles. The number of fused-ring (bicyclic) bond motifs is 1. The van der Waals surface area contributed by atoms with Gasteiger partial charge in [0.2, 0.25) is 11.8 Å². The van der Waals surface area contributed by atoms with Crippen molar-refractivity contribution in [3.05, 3.63) is 89.8 Å². The molecule has 3 N–H and O–H groups in total. The zero-order valence-corrected chi connectivity index (χ0v) is 23.5. The Morgan fingerprint density at radius 2 is 2.13 bits per heavy atom. The number of carbonyl (C=O) groups is 1. The lowest BCUT2D eigenvalue weighted by atomic mass is 9.83. The molecule has 1 atom stereocenters. The first kappa shape index (κ1) is 26.1. The molecular formula is C26H17BrCl2N4O4S. The molecule has 1 aliphatic rings. The van der Waals surface area contributed by atoms with Crippen LogP contribution in [-0.4, -0.2) is 22.8 Å². The van der Waals surface area contributed by atoms with Crippen LogP contribution in [-0.2, 0) is 0 Å². The van der Waals surface area contributed by atoms with Crippen molar-refractivity contribution >= 4 is 56.4 Å². The topological polar surface area (TPSA) is 123 Å². The molecule has 192 valence electrons. The van der Waals surface area contributed by atoms with Gasteiger partial charge in [-0.25, -0.2) is 4.79 Å². The lowest BCUT2D eigenvalue weighted by Gasteiger charge is -2.25. The third kappa shape index (κ3) is 4.74. The molecule has 0 fully saturated rings. The normalized spacial score (nSPS) is 14.4. The minimum atomic E-state index is -0.707. The van der Waals surface area contributed by atoms with Crippen molar-refractivity contribution in [3.63, 3.8) is 0 Å². The maximum absolute atomic E-state index is 12.7. The number of esters is 1. The summed E-state index contributed by atoms with van der Waals surface area (Å²) < 4.78 is 17.7. The second kappa shape index (κ2) is 10.7. The van der Waals surface area contributed by atoms with E-state index in [9.17, 15) is 10.1 Å². The molecule has 1 unspecified atom stereocenters. The number of benzene rings is 2. The molecule has 0 aliphatic carbocycles. The van der Waals surface area contributed by atoms with Crippen molar-refractivity contribution in [1.29, 1.82) is 5.26 Å². The molecule has 0 amide bonds. The molecule has 1 aliphatic heterocycles. The fraction of sp³-hybridized carbons (Fsp3) is 0.115. The van der Waals surface area contributed by atoms with Crippen molar-refractivity contribution in [3.8, 4) is 34.7 Å². The number of nitriles is 1. The molecule has 2 aromatic carbocycles. The molecule has 4 aromatic rings. The third-order valence-electron chi connectivity index (χ3n) is 5.72. The van der Waals surface area contributed by atoms with Crippen molar-refractivity contribution < 1.29 is 19.0 Å². The van der Waals surface area contributed by atoms with E-state index >= 15 is 0 Å². The van der Waals surface area contributed by atoms with E-state index in [2.05, 4.69) is 32.2 Å². The number of H-pyrrole nitrogens is 1. The highest BCUT2D eigenvalue weighted by Gasteiger charge is 2.37. The number of aromatic amines is 1. The Labute approximate surface area is 239 Å². The number of nitrogens with two attached hydrogens (primary N) is 1. The second-order valence-corrected chi connectivity index (χ2v) is 10.6. The maximum Gasteiger partial charge on any atom is 0.353 e. The number of aromatic nitrogens is 2. The van der Waals surface area contributed by atoms with E-state index in [4.69, 9.17) is 43.1 Å². The van der Waals surface area contributed by atoms with Crippen LogP contribution in [0.1, 0.15) is 33.6 Å². The van der Waals surface area contributed by atoms with Crippen molar-refractivity contribution in [2.75, 3.05) is 6.61 Å². The number of nitrogens with one attached hydrogen (secondary N) is 1. The molecule has 0 radical (unpaired) electrons. The summed E-state index contributed by atoms with van der Waals surface area (Å²) >= 11 is 17.4. The number of allylic oxidation sites excluding steroid dienone is 1. The summed E-state index contributed by atoms with van der Waals surface area (Å²) in [7, 11) is 0. The van der Waals surface area contributed by atoms with Crippen LogP contribution in [0.25, 0.3) is 11.3 Å². The van der Waals surface area contributed by atoms with Gasteiger partial charge in [-0.15, -0.1) is 16.4 Å². The molecular weight excluding hydrogens is 615 g/mol. The van der Waals surface area contributed by atoms with Crippen molar-refractivity contribution in [2.24, 2.45) is 5.73 Å². The monoisotopic (exact) mass is 630 g/mol. The Hall–Kier alpha value is -3.49. The summed E-state index contributed by atoms with van der Waals surface area (Å²) in [5.74, 6) is -0.576. The van der Waals surface area contributed by atoms with Gasteiger partial charge in [-0.1, -0.05) is 29.3 Å². The highest BCUT2D eigenvalue weighted by atomic mass is 79.9. The SMILES string of the molecule is CCOc1cc(C2C(C#N)=C(N)Oc3n[nH]c(-c4ccc(Cl)cc4Cl)c32)cc(Br)c1OC(=O)c1cccs1. The number of rotatable bonds is 6. The number of thiophene rings is 1. The average molecular weight is 632 g/mol. The van der Waals surface area contributed by atoms with E-state index < -0.39 is 11.9 Å². The molecule has 0 spiro atoms. The first-order valence-corrected chi connectivity index (χ1v) is 13.6. The standard InChI is InChI=1S/C26H17BrCl2N4O4S/c1-2-35-18-9-12(8-16(27)23(18)36-26(34)19-4-3-7-38-19)20-15(11-30)24(31)37-25-21(20)22(32-33-25)14-6-5-13(28)10-17(14)29/h3-10,20H,2,31H2,1H3,(H,32,33). The Bertz CT molecular complexity index is 1630. The summed E-state index contributed by atoms with van der Waals surface area (Å²) in [6, 6.07) is 14.1. The fourth-order valence-corrected chi connectivity index (χ4v) is 5.77. The van der Waals surface area contributed by atoms with Crippen molar-refractivity contribution in [2.45, 2.75) is 12.8 Å². The van der Waals surface area contributed by atoms with Crippen LogP contribution >= 0.6 is 50.5 Å². The lowest BCUT2D eigenvalue weighted by molar-refractivity contribution is 0.0732. The van der Waals surface area contributed by atoms with Crippen LogP contribution in [0.4, 0.5) is 0 Å². The third-order valence-corrected chi connectivity index (χ3v) is 7.71. The van der Waals surface area contributed by atoms with Crippen LogP contribution in [0, 0.1) is 11.3 Å². The van der Waals surface area contributed by atoms with Gasteiger partial charge in [0, 0.05) is 10.6 Å². The van der Waals surface area contributed by atoms with Crippen LogP contribution in [0.15, 0.2) is 63.8 Å². The zero-order chi connectivity index (χ0) is 27.0. The van der Waals surface area contributed by atoms with E-state index in [0.29, 0.717) is 54.1 Å². The first-order valence-electron chi connectivity index (χ1n) is 11.2. The van der Waals surface area contributed by atoms with Crippen LogP contribution in [0.2, 0.25) is 10.0 Å². The summed E-state index contributed by atoms with van der Waals surface area (Å²) in [5, 5.41) is 20.0. The van der Waals surface area contributed by atoms with Crippen LogP contribution in [0.5, 0.6) is 17.4 Å². The Balaban J connectivity index is 1.66. The summed E-state index contributed by atoms with van der Waals surface area (Å²) in [5.41, 5.74) is 8.63. The summed E-state index contributed by atoms with van der Waals surface area (Å²) in [4.78, 5) is 13.1. The Kier molecular flexibility index (Phi) is 7.36. The van der Waals surface area contributed by atoms with Gasteiger partial charge in [0.1, 0.15) is 16.5 Å². The van der Waals surface area contributed by atoms with Gasteiger partial charge in [-0.05, 0) is 70.2 Å². The molecule has 0 bridgehead atoms. The molecule has 3 heterocycles. The van der Waals surface area contributed by atoms with Gasteiger partial charge in [0.05, 0.1) is 33.3 Å². The first-order chi connectivity index (χ1) is 18.3. The smallest absolute Gasteiger partial charge is 0.353 e. The molecule has 38 heavy (non-hydrogen) atoms. The predicted molar refractivity (Wildman–Crippen MR) is 148 cm³/mol. The van der Waals surface area contributed by atoms with E-state index in [1.807, 2.05) is 6.92 Å². The minimum absolute atomic E-state index is 0.0764. The number of carbonyl (C=O) groups excluding carboxylic acids is 1.